The lowest BCUT2D eigenvalue weighted by molar-refractivity contribution is -0.150. The molecule has 1 atom stereocenters. The molecule has 0 aromatic heterocycles. The first kappa shape index (κ1) is 13.3. The van der Waals surface area contributed by atoms with Gasteiger partial charge in [-0.05, 0) is 6.92 Å². The first-order valence-corrected chi connectivity index (χ1v) is 3.92. The van der Waals surface area contributed by atoms with Gasteiger partial charge in [-0.25, -0.2) is 18.4 Å². The fourth-order valence-corrected chi connectivity index (χ4v) is 0.584. The zero-order valence-electron chi connectivity index (χ0n) is 8.00. The Hall–Kier alpha value is -1.66. The van der Waals surface area contributed by atoms with E-state index in [1.165, 1.54) is 6.08 Å². The van der Waals surface area contributed by atoms with Crippen molar-refractivity contribution in [3.8, 4) is 0 Å². The molecule has 86 valence electrons. The van der Waals surface area contributed by atoms with E-state index in [9.17, 15) is 18.4 Å². The molecule has 0 rings (SSSR count). The van der Waals surface area contributed by atoms with Crippen molar-refractivity contribution in [2.75, 3.05) is 6.61 Å². The minimum Gasteiger partial charge on any atom is -0.479 e. The lowest BCUT2D eigenvalue weighted by Crippen LogP contribution is -2.57. The quantitative estimate of drug-likeness (QED) is 0.682. The Labute approximate surface area is 84.7 Å². The largest absolute Gasteiger partial charge is 0.479 e. The number of rotatable bonds is 5. The number of carbonyl (C=O) groups excluding carboxylic acids is 1. The zero-order valence-corrected chi connectivity index (χ0v) is 8.00. The van der Waals surface area contributed by atoms with Crippen LogP contribution in [0.3, 0.4) is 0 Å². The lowest BCUT2D eigenvalue weighted by Gasteiger charge is -2.24. The van der Waals surface area contributed by atoms with Crippen LogP contribution in [0.1, 0.15) is 6.92 Å². The lowest BCUT2D eigenvalue weighted by atomic mass is 10.0. The maximum Gasteiger partial charge on any atom is 0.408 e. The average Bonchev–Trinajstić information content (AvgIpc) is 2.13. The number of ether oxygens (including phenoxy) is 1. The topological polar surface area (TPSA) is 75.6 Å². The minimum absolute atomic E-state index is 0.190. The van der Waals surface area contributed by atoms with E-state index in [2.05, 4.69) is 11.3 Å². The van der Waals surface area contributed by atoms with Gasteiger partial charge in [0.2, 0.25) is 0 Å². The predicted octanol–water partition coefficient (Wildman–Crippen LogP) is 1.01. The third-order valence-corrected chi connectivity index (χ3v) is 1.57. The molecule has 1 amide bonds. The van der Waals surface area contributed by atoms with Gasteiger partial charge in [-0.15, -0.1) is 0 Å². The van der Waals surface area contributed by atoms with Crippen molar-refractivity contribution in [1.82, 2.24) is 5.32 Å². The van der Waals surface area contributed by atoms with E-state index >= 15 is 0 Å². The van der Waals surface area contributed by atoms with E-state index in [1.54, 1.807) is 5.32 Å². The maximum atomic E-state index is 12.3. The van der Waals surface area contributed by atoms with Crippen molar-refractivity contribution in [2.24, 2.45) is 0 Å². The number of amides is 1. The van der Waals surface area contributed by atoms with Crippen LogP contribution >= 0.6 is 0 Å². The van der Waals surface area contributed by atoms with E-state index in [-0.39, 0.29) is 6.61 Å². The Balaban J connectivity index is 4.49. The highest BCUT2D eigenvalue weighted by atomic mass is 19.3. The molecule has 0 spiro atoms. The fraction of sp³-hybridized carbons (Fsp3) is 0.500. The molecule has 0 aliphatic carbocycles. The number of aliphatic carboxylic acids is 1. The van der Waals surface area contributed by atoms with Gasteiger partial charge in [0, 0.05) is 0 Å². The molecule has 0 fully saturated rings. The fourth-order valence-electron chi connectivity index (χ4n) is 0.584. The van der Waals surface area contributed by atoms with E-state index in [1.807, 2.05) is 0 Å². The van der Waals surface area contributed by atoms with Crippen LogP contribution in [0.5, 0.6) is 0 Å². The summed E-state index contributed by atoms with van der Waals surface area (Å²) in [6.45, 7) is 3.73. The summed E-state index contributed by atoms with van der Waals surface area (Å²) in [7, 11) is 0. The second-order valence-corrected chi connectivity index (χ2v) is 2.82. The van der Waals surface area contributed by atoms with Crippen molar-refractivity contribution in [2.45, 2.75) is 18.9 Å². The normalized spacial score (nSPS) is 14.1. The van der Waals surface area contributed by atoms with Crippen LogP contribution in [0.2, 0.25) is 0 Å². The molecule has 15 heavy (non-hydrogen) atoms. The van der Waals surface area contributed by atoms with Gasteiger partial charge in [-0.3, -0.25) is 0 Å². The van der Waals surface area contributed by atoms with Gasteiger partial charge in [0.15, 0.2) is 5.54 Å². The van der Waals surface area contributed by atoms with Crippen LogP contribution in [-0.2, 0) is 9.53 Å². The summed E-state index contributed by atoms with van der Waals surface area (Å²) in [4.78, 5) is 21.4. The molecule has 0 bridgehead atoms. The Bertz CT molecular complexity index is 269. The van der Waals surface area contributed by atoms with Gasteiger partial charge in [-0.2, -0.15) is 0 Å². The summed E-state index contributed by atoms with van der Waals surface area (Å²) in [6, 6.07) is 0. The third kappa shape index (κ3) is 3.53. The van der Waals surface area contributed by atoms with Gasteiger partial charge in [-0.1, -0.05) is 12.7 Å². The number of nitrogens with one attached hydrogen (secondary N) is 1. The molecule has 7 heteroatoms. The Morgan fingerprint density at radius 2 is 2.20 bits per heavy atom. The number of alkyl carbamates (subject to hydrolysis) is 1. The highest BCUT2D eigenvalue weighted by Gasteiger charge is 2.44. The highest BCUT2D eigenvalue weighted by molar-refractivity contribution is 5.84. The summed E-state index contributed by atoms with van der Waals surface area (Å²) >= 11 is 0. The summed E-state index contributed by atoms with van der Waals surface area (Å²) in [5.41, 5.74) is -2.65. The number of hydrogen-bond donors (Lipinski definition) is 2. The van der Waals surface area contributed by atoms with Crippen molar-refractivity contribution >= 4 is 12.1 Å². The molecule has 0 heterocycles. The summed E-state index contributed by atoms with van der Waals surface area (Å²) in [5.74, 6) is -1.84. The first-order chi connectivity index (χ1) is 6.84. The summed E-state index contributed by atoms with van der Waals surface area (Å²) in [6.07, 6.45) is -3.26. The number of carboxylic acids is 1. The SMILES string of the molecule is C=CCOC(=O)NC(C)(C(=O)O)C(F)F. The van der Waals surface area contributed by atoms with Crippen LogP contribution < -0.4 is 5.32 Å². The Morgan fingerprint density at radius 1 is 1.67 bits per heavy atom. The molecule has 2 N–H and O–H groups in total. The number of halogens is 2. The molecule has 0 saturated carbocycles. The van der Waals surface area contributed by atoms with Crippen LogP contribution in [0.25, 0.3) is 0 Å². The summed E-state index contributed by atoms with van der Waals surface area (Å²) < 4.78 is 29.0. The van der Waals surface area contributed by atoms with Crippen molar-refractivity contribution in [3.05, 3.63) is 12.7 Å². The number of carboxylic acid groups (broad SMARTS) is 1. The van der Waals surface area contributed by atoms with E-state index in [0.717, 1.165) is 0 Å². The second kappa shape index (κ2) is 5.28. The monoisotopic (exact) mass is 223 g/mol. The van der Waals surface area contributed by atoms with E-state index < -0.39 is 24.0 Å². The maximum absolute atomic E-state index is 12.3. The van der Waals surface area contributed by atoms with E-state index in [4.69, 9.17) is 5.11 Å². The van der Waals surface area contributed by atoms with Crippen molar-refractivity contribution < 1.29 is 28.2 Å². The van der Waals surface area contributed by atoms with E-state index in [0.29, 0.717) is 6.92 Å². The van der Waals surface area contributed by atoms with Crippen molar-refractivity contribution in [1.29, 1.82) is 0 Å². The molecule has 0 aliphatic rings. The van der Waals surface area contributed by atoms with Crippen LogP contribution in [0.4, 0.5) is 13.6 Å². The highest BCUT2D eigenvalue weighted by Crippen LogP contribution is 2.15. The van der Waals surface area contributed by atoms with Crippen LogP contribution in [0.15, 0.2) is 12.7 Å². The minimum atomic E-state index is -3.24. The zero-order chi connectivity index (χ0) is 12.1. The summed E-state index contributed by atoms with van der Waals surface area (Å²) in [5, 5.41) is 10.1. The van der Waals surface area contributed by atoms with Crippen LogP contribution in [0, 0.1) is 0 Å². The molecular formula is C8H11F2NO4. The Morgan fingerprint density at radius 3 is 2.53 bits per heavy atom. The standard InChI is InChI=1S/C8H11F2NO4/c1-3-4-15-7(14)11-8(2,5(9)10)6(12)13/h3,5H,1,4H2,2H3,(H,11,14)(H,12,13). The van der Waals surface area contributed by atoms with Crippen LogP contribution in [-0.4, -0.2) is 35.7 Å². The molecule has 5 nitrogen and oxygen atoms in total. The molecule has 0 radical (unpaired) electrons. The molecule has 0 aromatic rings. The number of alkyl halides is 2. The second-order valence-electron chi connectivity index (χ2n) is 2.82. The molecule has 0 aromatic carbocycles. The van der Waals surface area contributed by atoms with Gasteiger partial charge < -0.3 is 15.2 Å². The van der Waals surface area contributed by atoms with Gasteiger partial charge in [0.05, 0.1) is 0 Å². The Kier molecular flexibility index (Phi) is 4.69. The number of hydrogen-bond acceptors (Lipinski definition) is 3. The molecule has 0 saturated heterocycles. The number of carbonyl (C=O) groups is 2. The van der Waals surface area contributed by atoms with Gasteiger partial charge in [0.1, 0.15) is 6.61 Å². The third-order valence-electron chi connectivity index (χ3n) is 1.57. The molecular weight excluding hydrogens is 212 g/mol. The van der Waals surface area contributed by atoms with Gasteiger partial charge >= 0.3 is 12.1 Å². The predicted molar refractivity (Wildman–Crippen MR) is 46.7 cm³/mol. The van der Waals surface area contributed by atoms with Gasteiger partial charge in [0.25, 0.3) is 6.43 Å². The molecule has 1 unspecified atom stereocenters. The smallest absolute Gasteiger partial charge is 0.408 e. The first-order valence-electron chi connectivity index (χ1n) is 3.92. The van der Waals surface area contributed by atoms with Crippen molar-refractivity contribution in [3.63, 3.8) is 0 Å². The average molecular weight is 223 g/mol. The molecule has 0 aliphatic heterocycles.